The molecule has 124 valence electrons. The Morgan fingerprint density at radius 3 is 2.62 bits per heavy atom. The first kappa shape index (κ1) is 16.3. The molecule has 1 amide bonds. The zero-order chi connectivity index (χ0) is 16.8. The maximum absolute atomic E-state index is 12.4. The van der Waals surface area contributed by atoms with Gasteiger partial charge in [0.1, 0.15) is 0 Å². The minimum absolute atomic E-state index is 0.0405. The maximum atomic E-state index is 12.4. The third-order valence-corrected chi connectivity index (χ3v) is 4.16. The van der Waals surface area contributed by atoms with E-state index >= 15 is 0 Å². The summed E-state index contributed by atoms with van der Waals surface area (Å²) in [5.41, 5.74) is 3.43. The van der Waals surface area contributed by atoms with Crippen molar-refractivity contribution in [3.63, 3.8) is 0 Å². The molecule has 3 N–H and O–H groups in total. The van der Waals surface area contributed by atoms with E-state index in [2.05, 4.69) is 39.9 Å². The molecule has 0 saturated carbocycles. The van der Waals surface area contributed by atoms with E-state index in [4.69, 9.17) is 0 Å². The van der Waals surface area contributed by atoms with Crippen molar-refractivity contribution in [3.05, 3.63) is 71.9 Å². The van der Waals surface area contributed by atoms with Crippen LogP contribution in [-0.4, -0.2) is 23.5 Å². The molecule has 3 rings (SSSR count). The maximum Gasteiger partial charge on any atom is 0.237 e. The van der Waals surface area contributed by atoms with Crippen LogP contribution in [0.1, 0.15) is 18.1 Å². The molecule has 24 heavy (non-hydrogen) atoms. The van der Waals surface area contributed by atoms with Gasteiger partial charge < -0.3 is 15.6 Å². The van der Waals surface area contributed by atoms with E-state index in [-0.39, 0.29) is 11.9 Å². The second-order valence-corrected chi connectivity index (χ2v) is 5.88. The zero-order valence-corrected chi connectivity index (χ0v) is 13.9. The van der Waals surface area contributed by atoms with Gasteiger partial charge >= 0.3 is 0 Å². The number of aromatic amines is 1. The summed E-state index contributed by atoms with van der Waals surface area (Å²) in [5, 5.41) is 7.50. The summed E-state index contributed by atoms with van der Waals surface area (Å²) in [6.45, 7) is 3.25. The summed E-state index contributed by atoms with van der Waals surface area (Å²) in [7, 11) is 0. The first-order valence-electron chi connectivity index (χ1n) is 8.38. The predicted octanol–water partition coefficient (Wildman–Crippen LogP) is 3.00. The van der Waals surface area contributed by atoms with Crippen LogP contribution in [0.3, 0.4) is 0 Å². The minimum Gasteiger partial charge on any atom is -0.361 e. The summed E-state index contributed by atoms with van der Waals surface area (Å²) in [5.74, 6) is 0.0405. The highest BCUT2D eigenvalue weighted by Crippen LogP contribution is 2.19. The molecule has 0 bridgehead atoms. The molecule has 0 aliphatic carbocycles. The van der Waals surface area contributed by atoms with Crippen molar-refractivity contribution in [2.24, 2.45) is 0 Å². The molecule has 0 aliphatic heterocycles. The van der Waals surface area contributed by atoms with E-state index in [1.165, 1.54) is 10.9 Å². The molecule has 4 nitrogen and oxygen atoms in total. The van der Waals surface area contributed by atoms with Crippen molar-refractivity contribution in [2.75, 3.05) is 6.54 Å². The number of likely N-dealkylation sites (N-methyl/N-ethyl adjacent to an activating group) is 1. The van der Waals surface area contributed by atoms with Gasteiger partial charge in [-0.3, -0.25) is 4.79 Å². The monoisotopic (exact) mass is 321 g/mol. The van der Waals surface area contributed by atoms with Crippen LogP contribution in [0.25, 0.3) is 10.9 Å². The number of hydrogen-bond acceptors (Lipinski definition) is 2. The lowest BCUT2D eigenvalue weighted by molar-refractivity contribution is -0.123. The zero-order valence-electron chi connectivity index (χ0n) is 13.9. The molecule has 3 aromatic rings. The van der Waals surface area contributed by atoms with Gasteiger partial charge in [0.25, 0.3) is 0 Å². The number of aromatic nitrogens is 1. The molecule has 1 atom stereocenters. The van der Waals surface area contributed by atoms with Gasteiger partial charge in [-0.15, -0.1) is 0 Å². The van der Waals surface area contributed by atoms with Crippen molar-refractivity contribution in [2.45, 2.75) is 25.9 Å². The smallest absolute Gasteiger partial charge is 0.237 e. The molecule has 1 heterocycles. The Morgan fingerprint density at radius 2 is 1.83 bits per heavy atom. The summed E-state index contributed by atoms with van der Waals surface area (Å²) < 4.78 is 0. The van der Waals surface area contributed by atoms with Crippen molar-refractivity contribution in [1.29, 1.82) is 0 Å². The second-order valence-electron chi connectivity index (χ2n) is 5.88. The van der Waals surface area contributed by atoms with E-state index in [0.29, 0.717) is 19.5 Å². The molecule has 0 unspecified atom stereocenters. The van der Waals surface area contributed by atoms with Crippen LogP contribution >= 0.6 is 0 Å². The van der Waals surface area contributed by atoms with E-state index < -0.39 is 0 Å². The highest BCUT2D eigenvalue weighted by Gasteiger charge is 2.19. The van der Waals surface area contributed by atoms with Crippen molar-refractivity contribution < 1.29 is 4.79 Å². The SMILES string of the molecule is CCNC(=O)[C@H](Cc1c[nH]c2ccccc12)NCc1ccccc1. The summed E-state index contributed by atoms with van der Waals surface area (Å²) in [6.07, 6.45) is 2.66. The van der Waals surface area contributed by atoms with Gasteiger partial charge in [0.05, 0.1) is 6.04 Å². The Labute approximate surface area is 142 Å². The topological polar surface area (TPSA) is 56.9 Å². The number of hydrogen-bond donors (Lipinski definition) is 3. The standard InChI is InChI=1S/C20H23N3O/c1-2-21-20(24)19(22-13-15-8-4-3-5-9-15)12-16-14-23-18-11-7-6-10-17(16)18/h3-11,14,19,22-23H,2,12-13H2,1H3,(H,21,24)/t19-/m0/s1. The van der Waals surface area contributed by atoms with Gasteiger partial charge in [0.2, 0.25) is 5.91 Å². The number of rotatable bonds is 7. The summed E-state index contributed by atoms with van der Waals surface area (Å²) >= 11 is 0. The van der Waals surface area contributed by atoms with E-state index in [1.807, 2.05) is 43.5 Å². The Morgan fingerprint density at radius 1 is 1.08 bits per heavy atom. The molecule has 0 spiro atoms. The lowest BCUT2D eigenvalue weighted by atomic mass is 10.0. The predicted molar refractivity (Wildman–Crippen MR) is 97.8 cm³/mol. The average Bonchev–Trinajstić information content (AvgIpc) is 3.02. The first-order chi connectivity index (χ1) is 11.8. The van der Waals surface area contributed by atoms with E-state index in [1.54, 1.807) is 0 Å². The first-order valence-corrected chi connectivity index (χ1v) is 8.38. The lowest BCUT2D eigenvalue weighted by Crippen LogP contribution is -2.45. The molecular formula is C20H23N3O. The number of amides is 1. The van der Waals surface area contributed by atoms with Crippen LogP contribution in [0.4, 0.5) is 0 Å². The fourth-order valence-corrected chi connectivity index (χ4v) is 2.91. The normalized spacial score (nSPS) is 12.2. The molecule has 1 aromatic heterocycles. The van der Waals surface area contributed by atoms with Crippen LogP contribution in [0, 0.1) is 0 Å². The van der Waals surface area contributed by atoms with Gasteiger partial charge in [0, 0.05) is 30.2 Å². The molecule has 0 aliphatic rings. The number of nitrogens with one attached hydrogen (secondary N) is 3. The van der Waals surface area contributed by atoms with Gasteiger partial charge in [0.15, 0.2) is 0 Å². The summed E-state index contributed by atoms with van der Waals surface area (Å²) in [4.78, 5) is 15.7. The highest BCUT2D eigenvalue weighted by atomic mass is 16.2. The van der Waals surface area contributed by atoms with Crippen molar-refractivity contribution >= 4 is 16.8 Å². The molecular weight excluding hydrogens is 298 g/mol. The molecule has 4 heteroatoms. The van der Waals surface area contributed by atoms with Crippen molar-refractivity contribution in [3.8, 4) is 0 Å². The molecule has 2 aromatic carbocycles. The molecule has 0 radical (unpaired) electrons. The quantitative estimate of drug-likeness (QED) is 0.626. The third kappa shape index (κ3) is 3.84. The van der Waals surface area contributed by atoms with Gasteiger partial charge in [-0.05, 0) is 30.5 Å². The molecule has 0 fully saturated rings. The van der Waals surface area contributed by atoms with E-state index in [0.717, 1.165) is 11.1 Å². The second kappa shape index (κ2) is 7.79. The van der Waals surface area contributed by atoms with Crippen LogP contribution in [-0.2, 0) is 17.8 Å². The van der Waals surface area contributed by atoms with Crippen LogP contribution in [0.15, 0.2) is 60.8 Å². The van der Waals surface area contributed by atoms with Crippen LogP contribution < -0.4 is 10.6 Å². The number of benzene rings is 2. The lowest BCUT2D eigenvalue weighted by Gasteiger charge is -2.18. The number of H-pyrrole nitrogens is 1. The van der Waals surface area contributed by atoms with Gasteiger partial charge in [-0.1, -0.05) is 48.5 Å². The van der Waals surface area contributed by atoms with Gasteiger partial charge in [-0.2, -0.15) is 0 Å². The number of para-hydroxylation sites is 1. The Bertz CT molecular complexity index is 795. The largest absolute Gasteiger partial charge is 0.361 e. The van der Waals surface area contributed by atoms with Crippen LogP contribution in [0.5, 0.6) is 0 Å². The van der Waals surface area contributed by atoms with Crippen LogP contribution in [0.2, 0.25) is 0 Å². The van der Waals surface area contributed by atoms with E-state index in [9.17, 15) is 4.79 Å². The summed E-state index contributed by atoms with van der Waals surface area (Å²) in [6, 6.07) is 18.1. The molecule has 0 saturated heterocycles. The number of carbonyl (C=O) groups excluding carboxylic acids is 1. The van der Waals surface area contributed by atoms with Crippen molar-refractivity contribution in [1.82, 2.24) is 15.6 Å². The average molecular weight is 321 g/mol. The third-order valence-electron chi connectivity index (χ3n) is 4.16. The highest BCUT2D eigenvalue weighted by molar-refractivity contribution is 5.86. The minimum atomic E-state index is -0.260. The Kier molecular flexibility index (Phi) is 5.29. The number of carbonyl (C=O) groups is 1. The Hall–Kier alpha value is -2.59. The fourth-order valence-electron chi connectivity index (χ4n) is 2.91. The Balaban J connectivity index is 1.75. The number of fused-ring (bicyclic) bond motifs is 1. The van der Waals surface area contributed by atoms with Gasteiger partial charge in [-0.25, -0.2) is 0 Å². The fraction of sp³-hybridized carbons (Fsp3) is 0.250.